The van der Waals surface area contributed by atoms with E-state index >= 15 is 0 Å². The third kappa shape index (κ3) is 5.07. The van der Waals surface area contributed by atoms with Gasteiger partial charge in [0.1, 0.15) is 15.0 Å². The summed E-state index contributed by atoms with van der Waals surface area (Å²) in [5.41, 5.74) is 3.97. The van der Waals surface area contributed by atoms with Crippen molar-refractivity contribution in [3.8, 4) is 52.9 Å². The molecule has 0 fully saturated rings. The molecule has 7 aromatic rings. The first-order valence-electron chi connectivity index (χ1n) is 12.3. The van der Waals surface area contributed by atoms with Crippen LogP contribution in [-0.2, 0) is 6.18 Å². The van der Waals surface area contributed by atoms with E-state index in [0.29, 0.717) is 25.6 Å². The van der Waals surface area contributed by atoms with E-state index < -0.39 is 11.7 Å². The van der Waals surface area contributed by atoms with Crippen LogP contribution in [0.5, 0.6) is 0 Å². The monoisotopic (exact) mass is 634 g/mol. The van der Waals surface area contributed by atoms with Crippen LogP contribution >= 0.6 is 45.6 Å². The standard InChI is InChI=1S/C29H14ClF3N6S3/c30-22-9-6-16(12-21(22)26-38-39-28(42-26)27-34-10-11-40-27)17-13-20-19(2-1-3-23(20)35-14-17)25-37-36-24(41-25)15-4-7-18(8-5-15)29(31,32)33/h1-14H. The van der Waals surface area contributed by atoms with Gasteiger partial charge in [0.05, 0.1) is 16.1 Å². The van der Waals surface area contributed by atoms with Gasteiger partial charge in [-0.3, -0.25) is 4.98 Å². The van der Waals surface area contributed by atoms with Crippen LogP contribution < -0.4 is 0 Å². The summed E-state index contributed by atoms with van der Waals surface area (Å²) in [5, 5.41) is 23.9. The average Bonchev–Trinajstić information content (AvgIpc) is 3.79. The SMILES string of the molecule is FC(F)(F)c1ccc(-c2nnc(-c3cccc4ncc(-c5ccc(Cl)c(-c6nnc(-c7nccs7)s6)c5)cc34)s2)cc1. The summed E-state index contributed by atoms with van der Waals surface area (Å²) in [6, 6.07) is 18.4. The zero-order valence-electron chi connectivity index (χ0n) is 21.0. The van der Waals surface area contributed by atoms with E-state index in [0.717, 1.165) is 55.3 Å². The second-order valence-corrected chi connectivity index (χ2v) is 12.3. The molecule has 4 heterocycles. The highest BCUT2D eigenvalue weighted by atomic mass is 35.5. The van der Waals surface area contributed by atoms with Crippen LogP contribution in [0, 0.1) is 0 Å². The number of pyridine rings is 1. The molecule has 0 radical (unpaired) electrons. The van der Waals surface area contributed by atoms with Gasteiger partial charge in [-0.2, -0.15) is 13.2 Å². The molecular formula is C29H14ClF3N6S3. The minimum absolute atomic E-state index is 0.524. The summed E-state index contributed by atoms with van der Waals surface area (Å²) in [6.45, 7) is 0. The van der Waals surface area contributed by atoms with E-state index in [9.17, 15) is 13.2 Å². The lowest BCUT2D eigenvalue weighted by molar-refractivity contribution is -0.137. The molecule has 7 rings (SSSR count). The fourth-order valence-electron chi connectivity index (χ4n) is 4.36. The Kier molecular flexibility index (Phi) is 6.77. The number of thiazole rings is 1. The van der Waals surface area contributed by atoms with Crippen LogP contribution in [0.25, 0.3) is 63.8 Å². The van der Waals surface area contributed by atoms with Crippen molar-refractivity contribution in [2.75, 3.05) is 0 Å². The molecule has 0 amide bonds. The summed E-state index contributed by atoms with van der Waals surface area (Å²) < 4.78 is 39.0. The molecule has 0 saturated carbocycles. The van der Waals surface area contributed by atoms with Gasteiger partial charge in [0.2, 0.25) is 0 Å². The number of benzene rings is 3. The minimum Gasteiger partial charge on any atom is -0.256 e. The fraction of sp³-hybridized carbons (Fsp3) is 0.0345. The third-order valence-corrected chi connectivity index (χ3v) is 9.62. The van der Waals surface area contributed by atoms with Crippen molar-refractivity contribution in [1.82, 2.24) is 30.4 Å². The Bertz CT molecular complexity index is 2050. The highest BCUT2D eigenvalue weighted by Gasteiger charge is 2.30. The van der Waals surface area contributed by atoms with Gasteiger partial charge in [0, 0.05) is 45.4 Å². The Morgan fingerprint density at radius 3 is 2.12 bits per heavy atom. The van der Waals surface area contributed by atoms with Crippen LogP contribution in [-0.4, -0.2) is 30.4 Å². The molecule has 0 unspecified atom stereocenters. The van der Waals surface area contributed by atoms with Crippen LogP contribution in [0.4, 0.5) is 13.2 Å². The Labute approximate surface area is 253 Å². The van der Waals surface area contributed by atoms with E-state index in [2.05, 4.69) is 30.4 Å². The summed E-state index contributed by atoms with van der Waals surface area (Å²) in [4.78, 5) is 9.00. The quantitative estimate of drug-likeness (QED) is 0.188. The lowest BCUT2D eigenvalue weighted by Gasteiger charge is -2.09. The molecular weight excluding hydrogens is 621 g/mol. The number of fused-ring (bicyclic) bond motifs is 1. The molecule has 206 valence electrons. The Morgan fingerprint density at radius 2 is 1.36 bits per heavy atom. The predicted molar refractivity (Wildman–Crippen MR) is 162 cm³/mol. The second kappa shape index (κ2) is 10.6. The number of aromatic nitrogens is 6. The van der Waals surface area contributed by atoms with Crippen molar-refractivity contribution in [2.45, 2.75) is 6.18 Å². The van der Waals surface area contributed by atoms with E-state index in [1.54, 1.807) is 12.4 Å². The van der Waals surface area contributed by atoms with Gasteiger partial charge in [-0.15, -0.1) is 31.7 Å². The van der Waals surface area contributed by atoms with E-state index in [4.69, 9.17) is 11.6 Å². The number of nitrogens with zero attached hydrogens (tertiary/aromatic N) is 6. The molecule has 0 spiro atoms. The molecule has 0 N–H and O–H groups in total. The van der Waals surface area contributed by atoms with Crippen LogP contribution in [0.15, 0.2) is 84.5 Å². The zero-order chi connectivity index (χ0) is 28.8. The van der Waals surface area contributed by atoms with Gasteiger partial charge in [0.15, 0.2) is 10.0 Å². The van der Waals surface area contributed by atoms with Gasteiger partial charge in [-0.1, -0.05) is 64.6 Å². The normalized spacial score (nSPS) is 11.8. The van der Waals surface area contributed by atoms with E-state index in [-0.39, 0.29) is 0 Å². The lowest BCUT2D eigenvalue weighted by atomic mass is 10.0. The second-order valence-electron chi connectivity index (χ2n) is 9.03. The van der Waals surface area contributed by atoms with Crippen molar-refractivity contribution in [3.63, 3.8) is 0 Å². The molecule has 4 aromatic heterocycles. The van der Waals surface area contributed by atoms with Crippen molar-refractivity contribution in [1.29, 1.82) is 0 Å². The summed E-state index contributed by atoms with van der Waals surface area (Å²) in [6.07, 6.45) is -0.869. The predicted octanol–water partition coefficient (Wildman–Crippen LogP) is 9.40. The van der Waals surface area contributed by atoms with Crippen molar-refractivity contribution >= 4 is 56.5 Å². The van der Waals surface area contributed by atoms with Crippen molar-refractivity contribution < 1.29 is 13.2 Å². The highest BCUT2D eigenvalue weighted by molar-refractivity contribution is 7.22. The van der Waals surface area contributed by atoms with Gasteiger partial charge in [0.25, 0.3) is 0 Å². The number of hydrogen-bond donors (Lipinski definition) is 0. The smallest absolute Gasteiger partial charge is 0.256 e. The summed E-state index contributed by atoms with van der Waals surface area (Å²) in [7, 11) is 0. The number of alkyl halides is 3. The molecule has 3 aromatic carbocycles. The molecule has 13 heteroatoms. The average molecular weight is 635 g/mol. The maximum Gasteiger partial charge on any atom is 0.416 e. The van der Waals surface area contributed by atoms with Crippen molar-refractivity contribution in [3.05, 3.63) is 95.1 Å². The maximum absolute atomic E-state index is 13.0. The van der Waals surface area contributed by atoms with Crippen molar-refractivity contribution in [2.24, 2.45) is 0 Å². The van der Waals surface area contributed by atoms with Gasteiger partial charge < -0.3 is 0 Å². The topological polar surface area (TPSA) is 77.3 Å². The highest BCUT2D eigenvalue weighted by Crippen LogP contribution is 2.39. The van der Waals surface area contributed by atoms with Crippen LogP contribution in [0.3, 0.4) is 0 Å². The molecule has 0 saturated heterocycles. The molecule has 0 bridgehead atoms. The molecule has 0 atom stereocenters. The largest absolute Gasteiger partial charge is 0.416 e. The number of rotatable bonds is 5. The first-order valence-corrected chi connectivity index (χ1v) is 15.2. The number of hydrogen-bond acceptors (Lipinski definition) is 9. The third-order valence-electron chi connectivity index (χ3n) is 6.41. The Hall–Kier alpha value is -4.10. The molecule has 42 heavy (non-hydrogen) atoms. The van der Waals surface area contributed by atoms with Crippen LogP contribution in [0.1, 0.15) is 5.56 Å². The zero-order valence-corrected chi connectivity index (χ0v) is 24.2. The van der Waals surface area contributed by atoms with Gasteiger partial charge >= 0.3 is 6.18 Å². The molecule has 0 aliphatic rings. The first kappa shape index (κ1) is 26.8. The number of halogens is 4. The molecule has 0 aliphatic carbocycles. The summed E-state index contributed by atoms with van der Waals surface area (Å²) >= 11 is 10.8. The fourth-order valence-corrected chi connectivity index (χ4v) is 7.06. The van der Waals surface area contributed by atoms with Gasteiger partial charge in [-0.25, -0.2) is 4.98 Å². The summed E-state index contributed by atoms with van der Waals surface area (Å²) in [5.74, 6) is 0. The minimum atomic E-state index is -4.40. The van der Waals surface area contributed by atoms with Crippen LogP contribution in [0.2, 0.25) is 5.02 Å². The van der Waals surface area contributed by atoms with E-state index in [1.807, 2.05) is 47.8 Å². The maximum atomic E-state index is 13.0. The molecule has 6 nitrogen and oxygen atoms in total. The molecule has 0 aliphatic heterocycles. The Balaban J connectivity index is 1.24. The Morgan fingerprint density at radius 1 is 0.643 bits per heavy atom. The lowest BCUT2D eigenvalue weighted by Crippen LogP contribution is -2.03. The first-order chi connectivity index (χ1) is 20.3. The van der Waals surface area contributed by atoms with Gasteiger partial charge in [-0.05, 0) is 42.0 Å². The van der Waals surface area contributed by atoms with E-state index in [1.165, 1.54) is 46.1 Å².